The van der Waals surface area contributed by atoms with Gasteiger partial charge in [-0.05, 0) is 60.5 Å². The number of hydroxylamine groups is 2. The van der Waals surface area contributed by atoms with E-state index in [2.05, 4.69) is 21.1 Å². The first-order valence-electron chi connectivity index (χ1n) is 10.1. The smallest absolute Gasteiger partial charge is 0.296 e. The highest BCUT2D eigenvalue weighted by Crippen LogP contribution is 2.31. The number of nitrogens with one attached hydrogen (secondary N) is 1. The highest BCUT2D eigenvalue weighted by molar-refractivity contribution is 6.00. The second kappa shape index (κ2) is 7.24. The van der Waals surface area contributed by atoms with Gasteiger partial charge < -0.3 is 9.88 Å². The molecule has 1 fully saturated rings. The quantitative estimate of drug-likeness (QED) is 0.631. The molecule has 2 aromatic heterocycles. The van der Waals surface area contributed by atoms with E-state index in [-0.39, 0.29) is 12.4 Å². The molecule has 3 heterocycles. The van der Waals surface area contributed by atoms with Crippen LogP contribution in [0.2, 0.25) is 0 Å². The summed E-state index contributed by atoms with van der Waals surface area (Å²) >= 11 is 0. The van der Waals surface area contributed by atoms with E-state index in [1.165, 1.54) is 25.0 Å². The summed E-state index contributed by atoms with van der Waals surface area (Å²) in [6.07, 6.45) is 6.96. The molecule has 1 aliphatic heterocycles. The van der Waals surface area contributed by atoms with Crippen LogP contribution in [0.1, 0.15) is 40.0 Å². The number of carbonyl (C=O) groups is 1. The number of halogens is 1. The van der Waals surface area contributed by atoms with Crippen molar-refractivity contribution in [3.8, 4) is 0 Å². The van der Waals surface area contributed by atoms with Crippen LogP contribution in [0.5, 0.6) is 0 Å². The molecule has 1 amide bonds. The minimum Gasteiger partial charge on any atom is -0.341 e. The summed E-state index contributed by atoms with van der Waals surface area (Å²) in [5.74, 6) is 0.0814. The van der Waals surface area contributed by atoms with Gasteiger partial charge in [-0.2, -0.15) is 0 Å². The number of benzene rings is 1. The molecule has 29 heavy (non-hydrogen) atoms. The van der Waals surface area contributed by atoms with Gasteiger partial charge in [0.05, 0.1) is 18.3 Å². The number of hydrogen-bond donors (Lipinski definition) is 2. The van der Waals surface area contributed by atoms with Crippen molar-refractivity contribution in [3.63, 3.8) is 0 Å². The van der Waals surface area contributed by atoms with Gasteiger partial charge in [-0.3, -0.25) is 10.0 Å². The second-order valence-corrected chi connectivity index (χ2v) is 8.01. The Hall–Kier alpha value is -2.77. The van der Waals surface area contributed by atoms with E-state index in [9.17, 15) is 14.4 Å². The highest BCUT2D eigenvalue weighted by atomic mass is 19.1. The Balaban J connectivity index is 1.55. The molecular formula is C22H23FN4O2. The summed E-state index contributed by atoms with van der Waals surface area (Å²) in [4.78, 5) is 16.7. The van der Waals surface area contributed by atoms with Gasteiger partial charge in [-0.25, -0.2) is 14.4 Å². The Morgan fingerprint density at radius 2 is 2.03 bits per heavy atom. The molecule has 2 N–H and O–H groups in total. The van der Waals surface area contributed by atoms with Gasteiger partial charge in [0, 0.05) is 24.7 Å². The summed E-state index contributed by atoms with van der Waals surface area (Å²) in [5, 5.41) is 15.1. The Labute approximate surface area is 167 Å². The van der Waals surface area contributed by atoms with Crippen LogP contribution in [0, 0.1) is 11.7 Å². The van der Waals surface area contributed by atoms with Crippen LogP contribution in [-0.4, -0.2) is 38.8 Å². The van der Waals surface area contributed by atoms with Crippen LogP contribution in [0.15, 0.2) is 36.7 Å². The molecule has 7 heteroatoms. The van der Waals surface area contributed by atoms with Crippen LogP contribution in [0.4, 0.5) is 4.39 Å². The topological polar surface area (TPSA) is 70.4 Å². The third-order valence-corrected chi connectivity index (χ3v) is 5.82. The fourth-order valence-electron chi connectivity index (χ4n) is 4.09. The summed E-state index contributed by atoms with van der Waals surface area (Å²) < 4.78 is 15.4. The molecule has 5 rings (SSSR count). The number of carbonyl (C=O) groups excluding carboxylic acids is 1. The van der Waals surface area contributed by atoms with Crippen molar-refractivity contribution in [2.24, 2.45) is 5.92 Å². The number of aromatic nitrogens is 2. The Kier molecular flexibility index (Phi) is 4.56. The fourth-order valence-corrected chi connectivity index (χ4v) is 4.09. The monoisotopic (exact) mass is 394 g/mol. The molecule has 6 nitrogen and oxygen atoms in total. The Morgan fingerprint density at radius 3 is 2.79 bits per heavy atom. The van der Waals surface area contributed by atoms with E-state index < -0.39 is 5.91 Å². The summed E-state index contributed by atoms with van der Waals surface area (Å²) in [5.41, 5.74) is 4.31. The van der Waals surface area contributed by atoms with Gasteiger partial charge in [-0.1, -0.05) is 12.1 Å². The van der Waals surface area contributed by atoms with E-state index >= 15 is 0 Å². The van der Waals surface area contributed by atoms with Gasteiger partial charge >= 0.3 is 0 Å². The lowest BCUT2D eigenvalue weighted by Gasteiger charge is -2.23. The zero-order chi connectivity index (χ0) is 20.0. The van der Waals surface area contributed by atoms with E-state index in [1.54, 1.807) is 18.3 Å². The zero-order valence-electron chi connectivity index (χ0n) is 16.1. The number of hydrogen-bond acceptors (Lipinski definition) is 4. The molecule has 3 aromatic rings. The molecule has 0 saturated heterocycles. The van der Waals surface area contributed by atoms with Crippen molar-refractivity contribution >= 4 is 16.8 Å². The van der Waals surface area contributed by atoms with Crippen LogP contribution >= 0.6 is 0 Å². The first kappa shape index (κ1) is 18.3. The lowest BCUT2D eigenvalue weighted by molar-refractivity contribution is -0.0606. The number of fused-ring (bicyclic) bond motifs is 3. The van der Waals surface area contributed by atoms with Crippen molar-refractivity contribution in [1.29, 1.82) is 0 Å². The maximum Gasteiger partial charge on any atom is 0.296 e. The average molecular weight is 394 g/mol. The summed E-state index contributed by atoms with van der Waals surface area (Å²) in [6.45, 7) is 2.59. The maximum atomic E-state index is 13.3. The first-order valence-corrected chi connectivity index (χ1v) is 10.1. The molecule has 0 radical (unpaired) electrons. The molecule has 150 valence electrons. The van der Waals surface area contributed by atoms with Crippen molar-refractivity contribution in [2.75, 3.05) is 13.1 Å². The van der Waals surface area contributed by atoms with Crippen LogP contribution in [-0.2, 0) is 19.5 Å². The van der Waals surface area contributed by atoms with Crippen molar-refractivity contribution in [3.05, 3.63) is 64.9 Å². The van der Waals surface area contributed by atoms with Gasteiger partial charge in [-0.15, -0.1) is 0 Å². The Bertz CT molecular complexity index is 1070. The highest BCUT2D eigenvalue weighted by Gasteiger charge is 2.28. The van der Waals surface area contributed by atoms with E-state index in [4.69, 9.17) is 0 Å². The molecule has 0 spiro atoms. The number of rotatable bonds is 6. The van der Waals surface area contributed by atoms with Crippen LogP contribution < -0.4 is 5.32 Å². The fraction of sp³-hybridized carbons (Fsp3) is 0.364. The molecule has 0 unspecified atom stereocenters. The van der Waals surface area contributed by atoms with E-state index in [0.717, 1.165) is 51.7 Å². The van der Waals surface area contributed by atoms with Crippen molar-refractivity contribution in [2.45, 2.75) is 32.4 Å². The number of pyridine rings is 1. The first-order chi connectivity index (χ1) is 14.1. The third-order valence-electron chi connectivity index (χ3n) is 5.82. The second-order valence-electron chi connectivity index (χ2n) is 8.01. The maximum absolute atomic E-state index is 13.3. The lowest BCUT2D eigenvalue weighted by atomic mass is 9.99. The zero-order valence-corrected chi connectivity index (χ0v) is 16.1. The number of nitrogens with zero attached hydrogens (tertiary/aromatic N) is 3. The van der Waals surface area contributed by atoms with E-state index in [1.807, 2.05) is 0 Å². The van der Waals surface area contributed by atoms with Crippen molar-refractivity contribution < 1.29 is 14.4 Å². The molecule has 1 saturated carbocycles. The molecule has 2 aliphatic rings. The summed E-state index contributed by atoms with van der Waals surface area (Å²) in [7, 11) is 0. The molecular weight excluding hydrogens is 371 g/mol. The molecule has 0 atom stereocenters. The molecule has 1 aromatic carbocycles. The minimum absolute atomic E-state index is 0.251. The van der Waals surface area contributed by atoms with Gasteiger partial charge in [0.1, 0.15) is 11.5 Å². The number of amides is 1. The third kappa shape index (κ3) is 3.52. The predicted octanol–water partition coefficient (Wildman–Crippen LogP) is 3.11. The van der Waals surface area contributed by atoms with Crippen LogP contribution in [0.25, 0.3) is 10.9 Å². The Morgan fingerprint density at radius 1 is 1.24 bits per heavy atom. The SMILES string of the molecule is O=C1c2ncc3c(c(CNCC4CC4)cn3Cc3ccc(F)cc3)c2CCN1O. The standard InChI is InChI=1S/C22H23FN4O2/c23-17-5-3-15(4-6-17)12-26-13-16(10-24-9-14-1-2-14)20-18-7-8-27(29)22(28)21(18)25-11-19(20)26/h3-6,11,13-14,24,29H,1-2,7-10,12H2. The lowest BCUT2D eigenvalue weighted by Crippen LogP contribution is -2.35. The molecule has 1 aliphatic carbocycles. The minimum atomic E-state index is -0.448. The van der Waals surface area contributed by atoms with Crippen LogP contribution in [0.3, 0.4) is 0 Å². The van der Waals surface area contributed by atoms with Gasteiger partial charge in [0.25, 0.3) is 5.91 Å². The van der Waals surface area contributed by atoms with Crippen molar-refractivity contribution in [1.82, 2.24) is 19.9 Å². The van der Waals surface area contributed by atoms with Gasteiger partial charge in [0.15, 0.2) is 0 Å². The normalized spacial score (nSPS) is 16.5. The average Bonchev–Trinajstić information content (AvgIpc) is 3.48. The largest absolute Gasteiger partial charge is 0.341 e. The summed E-state index contributed by atoms with van der Waals surface area (Å²) in [6, 6.07) is 6.50. The predicted molar refractivity (Wildman–Crippen MR) is 106 cm³/mol. The van der Waals surface area contributed by atoms with Gasteiger partial charge in [0.2, 0.25) is 0 Å². The van der Waals surface area contributed by atoms with E-state index in [0.29, 0.717) is 18.7 Å². The molecule has 0 bridgehead atoms.